The third-order valence-electron chi connectivity index (χ3n) is 2.82. The van der Waals surface area contributed by atoms with Gasteiger partial charge in [-0.15, -0.1) is 0 Å². The number of hydrogen-bond acceptors (Lipinski definition) is 3. The van der Waals surface area contributed by atoms with Crippen LogP contribution in [-0.2, 0) is 6.42 Å². The van der Waals surface area contributed by atoms with Gasteiger partial charge in [-0.1, -0.05) is 23.7 Å². The summed E-state index contributed by atoms with van der Waals surface area (Å²) in [4.78, 5) is 4.24. The lowest BCUT2D eigenvalue weighted by molar-refractivity contribution is 0.320. The molecule has 2 N–H and O–H groups in total. The zero-order valence-corrected chi connectivity index (χ0v) is 11.6. The fourth-order valence-corrected chi connectivity index (χ4v) is 1.97. The predicted molar refractivity (Wildman–Crippen MR) is 77.5 cm³/mol. The molecule has 19 heavy (non-hydrogen) atoms. The summed E-state index contributed by atoms with van der Waals surface area (Å²) in [5, 5.41) is 0.593. The predicted octanol–water partition coefficient (Wildman–Crippen LogP) is 3.38. The first-order valence-electron chi connectivity index (χ1n) is 6.24. The maximum absolute atomic E-state index is 6.16. The largest absolute Gasteiger partial charge is 0.492 e. The Labute approximate surface area is 118 Å². The van der Waals surface area contributed by atoms with Crippen LogP contribution in [0.2, 0.25) is 5.02 Å². The summed E-state index contributed by atoms with van der Waals surface area (Å²) in [6.45, 7) is 2.47. The summed E-state index contributed by atoms with van der Waals surface area (Å²) in [7, 11) is 0. The molecule has 0 aliphatic rings. The van der Waals surface area contributed by atoms with E-state index in [2.05, 4.69) is 4.98 Å². The number of nitrogens with two attached hydrogens (primary N) is 1. The van der Waals surface area contributed by atoms with Crippen molar-refractivity contribution in [1.29, 1.82) is 0 Å². The molecule has 0 radical (unpaired) electrons. The van der Waals surface area contributed by atoms with Gasteiger partial charge in [0.05, 0.1) is 11.6 Å². The lowest BCUT2D eigenvalue weighted by Gasteiger charge is -2.11. The highest BCUT2D eigenvalue weighted by Gasteiger charge is 2.06. The third-order valence-corrected chi connectivity index (χ3v) is 3.12. The van der Waals surface area contributed by atoms with Crippen molar-refractivity contribution in [2.24, 2.45) is 5.73 Å². The highest BCUT2D eigenvalue weighted by molar-refractivity contribution is 6.32. The number of halogens is 1. The summed E-state index contributed by atoms with van der Waals surface area (Å²) >= 11 is 6.16. The van der Waals surface area contributed by atoms with Gasteiger partial charge in [-0.2, -0.15) is 0 Å². The summed E-state index contributed by atoms with van der Waals surface area (Å²) in [5.74, 6) is 0.682. The van der Waals surface area contributed by atoms with Gasteiger partial charge in [0.2, 0.25) is 0 Å². The number of rotatable bonds is 5. The molecule has 0 unspecified atom stereocenters. The Hall–Kier alpha value is -1.58. The minimum atomic E-state index is -0.0277. The van der Waals surface area contributed by atoms with Crippen LogP contribution in [0.4, 0.5) is 0 Å². The van der Waals surface area contributed by atoms with Crippen LogP contribution >= 0.6 is 11.6 Å². The van der Waals surface area contributed by atoms with E-state index in [4.69, 9.17) is 22.1 Å². The highest BCUT2D eigenvalue weighted by Crippen LogP contribution is 2.27. The topological polar surface area (TPSA) is 48.1 Å². The van der Waals surface area contributed by atoms with Crippen LogP contribution in [0.15, 0.2) is 42.6 Å². The van der Waals surface area contributed by atoms with E-state index >= 15 is 0 Å². The molecule has 0 aliphatic heterocycles. The molecule has 3 nitrogen and oxygen atoms in total. The Morgan fingerprint density at radius 1 is 1.32 bits per heavy atom. The summed E-state index contributed by atoms with van der Waals surface area (Å²) in [6, 6.07) is 11.5. The van der Waals surface area contributed by atoms with Gasteiger partial charge in [-0.05, 0) is 36.8 Å². The molecule has 0 bridgehead atoms. The first-order valence-corrected chi connectivity index (χ1v) is 6.62. The number of aromatic nitrogens is 1. The molecule has 0 spiro atoms. The Morgan fingerprint density at radius 2 is 2.16 bits per heavy atom. The van der Waals surface area contributed by atoms with Crippen LogP contribution in [0, 0.1) is 0 Å². The third kappa shape index (κ3) is 3.94. The Kier molecular flexibility index (Phi) is 4.77. The molecule has 0 aliphatic carbocycles. The first-order chi connectivity index (χ1) is 9.16. The fraction of sp³-hybridized carbons (Fsp3) is 0.267. The maximum atomic E-state index is 6.16. The average molecular weight is 277 g/mol. The van der Waals surface area contributed by atoms with Crippen molar-refractivity contribution in [2.45, 2.75) is 19.4 Å². The van der Waals surface area contributed by atoms with Crippen LogP contribution in [0.3, 0.4) is 0 Å². The standard InChI is InChI=1S/C15H17ClN2O/c1-11(17)12-5-6-15(14(16)10-12)19-9-7-13-4-2-3-8-18-13/h2-6,8,10-11H,7,9,17H2,1H3/t11-/m0/s1. The molecule has 2 rings (SSSR count). The van der Waals surface area contributed by atoms with Gasteiger partial charge < -0.3 is 10.5 Å². The monoisotopic (exact) mass is 276 g/mol. The molecule has 0 saturated carbocycles. The minimum absolute atomic E-state index is 0.0277. The molecule has 0 amide bonds. The summed E-state index contributed by atoms with van der Waals surface area (Å²) in [5.41, 5.74) is 7.81. The second-order valence-corrected chi connectivity index (χ2v) is 4.81. The molecule has 100 valence electrons. The van der Waals surface area contributed by atoms with Crippen LogP contribution in [0.5, 0.6) is 5.75 Å². The van der Waals surface area contributed by atoms with Gasteiger partial charge in [-0.25, -0.2) is 0 Å². The van der Waals surface area contributed by atoms with Gasteiger partial charge in [0.1, 0.15) is 5.75 Å². The van der Waals surface area contributed by atoms with Gasteiger partial charge in [0.15, 0.2) is 0 Å². The second kappa shape index (κ2) is 6.55. The summed E-state index contributed by atoms with van der Waals surface area (Å²) in [6.07, 6.45) is 2.53. The maximum Gasteiger partial charge on any atom is 0.137 e. The lowest BCUT2D eigenvalue weighted by atomic mass is 10.1. The Balaban J connectivity index is 1.93. The smallest absolute Gasteiger partial charge is 0.137 e. The second-order valence-electron chi connectivity index (χ2n) is 4.40. The van der Waals surface area contributed by atoms with E-state index in [1.807, 2.05) is 43.3 Å². The molecule has 0 fully saturated rings. The Bertz CT molecular complexity index is 529. The highest BCUT2D eigenvalue weighted by atomic mass is 35.5. The zero-order chi connectivity index (χ0) is 13.7. The lowest BCUT2D eigenvalue weighted by Crippen LogP contribution is -2.06. The molecule has 1 aromatic heterocycles. The molecule has 1 heterocycles. The van der Waals surface area contributed by atoms with Gasteiger partial charge >= 0.3 is 0 Å². The van der Waals surface area contributed by atoms with Crippen molar-refractivity contribution < 1.29 is 4.74 Å². The Morgan fingerprint density at radius 3 is 2.79 bits per heavy atom. The summed E-state index contributed by atoms with van der Waals surface area (Å²) < 4.78 is 5.66. The molecular formula is C15H17ClN2O. The minimum Gasteiger partial charge on any atom is -0.492 e. The number of hydrogen-bond donors (Lipinski definition) is 1. The number of benzene rings is 1. The van der Waals surface area contributed by atoms with Crippen molar-refractivity contribution in [2.75, 3.05) is 6.61 Å². The quantitative estimate of drug-likeness (QED) is 0.911. The van der Waals surface area contributed by atoms with E-state index in [9.17, 15) is 0 Å². The fourth-order valence-electron chi connectivity index (χ4n) is 1.73. The van der Waals surface area contributed by atoms with Crippen LogP contribution in [0.25, 0.3) is 0 Å². The van der Waals surface area contributed by atoms with Crippen molar-refractivity contribution in [3.05, 3.63) is 58.9 Å². The van der Waals surface area contributed by atoms with Crippen molar-refractivity contribution in [1.82, 2.24) is 4.98 Å². The van der Waals surface area contributed by atoms with Gasteiger partial charge in [0.25, 0.3) is 0 Å². The molecular weight excluding hydrogens is 260 g/mol. The van der Waals surface area contributed by atoms with Crippen molar-refractivity contribution >= 4 is 11.6 Å². The molecule has 0 saturated heterocycles. The normalized spacial score (nSPS) is 12.2. The van der Waals surface area contributed by atoms with E-state index in [0.29, 0.717) is 17.4 Å². The first kappa shape index (κ1) is 13.8. The SMILES string of the molecule is C[C@H](N)c1ccc(OCCc2ccccn2)c(Cl)c1. The number of pyridine rings is 1. The van der Waals surface area contributed by atoms with E-state index in [-0.39, 0.29) is 6.04 Å². The molecule has 4 heteroatoms. The van der Waals surface area contributed by atoms with Gasteiger partial charge in [-0.3, -0.25) is 4.98 Å². The number of nitrogens with zero attached hydrogens (tertiary/aromatic N) is 1. The van der Waals surface area contributed by atoms with Crippen molar-refractivity contribution in [3.63, 3.8) is 0 Å². The molecule has 1 atom stereocenters. The van der Waals surface area contributed by atoms with Crippen LogP contribution < -0.4 is 10.5 Å². The van der Waals surface area contributed by atoms with E-state index in [1.165, 1.54) is 0 Å². The van der Waals surface area contributed by atoms with Gasteiger partial charge in [0, 0.05) is 24.4 Å². The van der Waals surface area contributed by atoms with E-state index < -0.39 is 0 Å². The van der Waals surface area contributed by atoms with Crippen molar-refractivity contribution in [3.8, 4) is 5.75 Å². The average Bonchev–Trinajstić information content (AvgIpc) is 2.41. The zero-order valence-electron chi connectivity index (χ0n) is 10.8. The van der Waals surface area contributed by atoms with E-state index in [1.54, 1.807) is 6.20 Å². The van der Waals surface area contributed by atoms with Crippen LogP contribution in [0.1, 0.15) is 24.2 Å². The molecule has 1 aromatic carbocycles. The number of ether oxygens (including phenoxy) is 1. The van der Waals surface area contributed by atoms with E-state index in [0.717, 1.165) is 17.7 Å². The molecule has 2 aromatic rings. The van der Waals surface area contributed by atoms with Crippen LogP contribution in [-0.4, -0.2) is 11.6 Å².